The van der Waals surface area contributed by atoms with Gasteiger partial charge in [-0.15, -0.1) is 5.10 Å². The molecule has 3 aromatic rings. The van der Waals surface area contributed by atoms with Crippen LogP contribution in [0.5, 0.6) is 0 Å². The van der Waals surface area contributed by atoms with Crippen molar-refractivity contribution in [1.82, 2.24) is 24.8 Å². The van der Waals surface area contributed by atoms with Gasteiger partial charge in [-0.25, -0.2) is 9.48 Å². The molecule has 7 heteroatoms. The van der Waals surface area contributed by atoms with E-state index in [0.717, 1.165) is 45.7 Å². The zero-order chi connectivity index (χ0) is 20.1. The Bertz CT molecular complexity index is 1110. The number of likely N-dealkylation sites (N-methyl/N-ethyl adjacent to an activating group) is 1. The fourth-order valence-corrected chi connectivity index (χ4v) is 3.95. The smallest absolute Gasteiger partial charge is 0.311 e. The van der Waals surface area contributed by atoms with Crippen molar-refractivity contribution in [2.75, 3.05) is 13.6 Å². The number of nitrogens with zero attached hydrogens (tertiary/aromatic N) is 5. The first-order chi connectivity index (χ1) is 14.0. The highest BCUT2D eigenvalue weighted by molar-refractivity contribution is 6.01. The van der Waals surface area contributed by atoms with Crippen LogP contribution in [0.2, 0.25) is 0 Å². The van der Waals surface area contributed by atoms with E-state index in [0.29, 0.717) is 6.54 Å². The summed E-state index contributed by atoms with van der Waals surface area (Å²) in [6.45, 7) is 3.62. The van der Waals surface area contributed by atoms with Crippen LogP contribution in [0.3, 0.4) is 0 Å². The van der Waals surface area contributed by atoms with E-state index < -0.39 is 0 Å². The molecule has 2 fully saturated rings. The maximum atomic E-state index is 12.1. The number of amides is 3. The predicted octanol–water partition coefficient (Wildman–Crippen LogP) is 3.21. The Labute approximate surface area is 168 Å². The highest BCUT2D eigenvalue weighted by Gasteiger charge is 2.32. The van der Waals surface area contributed by atoms with Gasteiger partial charge >= 0.3 is 6.03 Å². The number of imide groups is 1. The Kier molecular flexibility index (Phi) is 4.12. The fraction of sp³-hybridized carbons (Fsp3) is 0.364. The average molecular weight is 389 g/mol. The topological polar surface area (TPSA) is 71.3 Å². The molecular weight excluding hydrogens is 366 g/mol. The van der Waals surface area contributed by atoms with Gasteiger partial charge < -0.3 is 4.90 Å². The van der Waals surface area contributed by atoms with Gasteiger partial charge in [0.15, 0.2) is 0 Å². The van der Waals surface area contributed by atoms with Crippen LogP contribution in [0.15, 0.2) is 36.4 Å². The van der Waals surface area contributed by atoms with Crippen LogP contribution in [0.25, 0.3) is 22.2 Å². The Morgan fingerprint density at radius 3 is 2.48 bits per heavy atom. The summed E-state index contributed by atoms with van der Waals surface area (Å²) < 4.78 is 2.03. The van der Waals surface area contributed by atoms with E-state index in [1.54, 1.807) is 4.90 Å². The van der Waals surface area contributed by atoms with Gasteiger partial charge in [-0.1, -0.05) is 35.5 Å². The maximum Gasteiger partial charge on any atom is 0.327 e. The van der Waals surface area contributed by atoms with Crippen LogP contribution in [0.1, 0.15) is 24.0 Å². The van der Waals surface area contributed by atoms with Crippen molar-refractivity contribution >= 4 is 23.0 Å². The number of aromatic nitrogens is 3. The van der Waals surface area contributed by atoms with Gasteiger partial charge in [-0.05, 0) is 54.0 Å². The third-order valence-corrected chi connectivity index (χ3v) is 5.96. The molecule has 7 nitrogen and oxygen atoms in total. The van der Waals surface area contributed by atoms with Crippen LogP contribution < -0.4 is 0 Å². The number of hydrogen-bond donors (Lipinski definition) is 0. The zero-order valence-electron chi connectivity index (χ0n) is 16.6. The van der Waals surface area contributed by atoms with Crippen molar-refractivity contribution in [3.8, 4) is 11.1 Å². The van der Waals surface area contributed by atoms with Crippen molar-refractivity contribution in [1.29, 1.82) is 0 Å². The minimum atomic E-state index is -0.241. The molecule has 1 aromatic heterocycles. The summed E-state index contributed by atoms with van der Waals surface area (Å²) in [5, 5.41) is 8.79. The highest BCUT2D eigenvalue weighted by Crippen LogP contribution is 2.33. The van der Waals surface area contributed by atoms with E-state index in [1.165, 1.54) is 24.8 Å². The summed E-state index contributed by atoms with van der Waals surface area (Å²) in [6, 6.07) is 12.1. The van der Waals surface area contributed by atoms with Gasteiger partial charge in [-0.3, -0.25) is 9.69 Å². The normalized spacial score (nSPS) is 17.0. The first kappa shape index (κ1) is 17.8. The maximum absolute atomic E-state index is 12.1. The largest absolute Gasteiger partial charge is 0.327 e. The van der Waals surface area contributed by atoms with Gasteiger partial charge in [0.25, 0.3) is 0 Å². The first-order valence-corrected chi connectivity index (χ1v) is 9.99. The van der Waals surface area contributed by atoms with Gasteiger partial charge in [0.05, 0.1) is 5.52 Å². The lowest BCUT2D eigenvalue weighted by atomic mass is 9.98. The van der Waals surface area contributed by atoms with Crippen LogP contribution in [0.4, 0.5) is 4.79 Å². The van der Waals surface area contributed by atoms with E-state index in [4.69, 9.17) is 0 Å². The van der Waals surface area contributed by atoms with Gasteiger partial charge in [0, 0.05) is 20.1 Å². The van der Waals surface area contributed by atoms with Gasteiger partial charge in [-0.2, -0.15) is 0 Å². The molecule has 1 aliphatic carbocycles. The number of carbonyl (C=O) groups excluding carboxylic acids is 2. The number of rotatable bonds is 5. The van der Waals surface area contributed by atoms with Crippen molar-refractivity contribution in [2.45, 2.75) is 32.9 Å². The quantitative estimate of drug-likeness (QED) is 0.628. The summed E-state index contributed by atoms with van der Waals surface area (Å²) in [5.41, 5.74) is 6.41. The van der Waals surface area contributed by atoms with Crippen LogP contribution in [0, 0.1) is 12.8 Å². The molecule has 3 amide bonds. The molecule has 2 aliphatic rings. The van der Waals surface area contributed by atoms with Crippen molar-refractivity contribution in [2.24, 2.45) is 5.92 Å². The number of carbonyl (C=O) groups is 2. The molecule has 0 bridgehead atoms. The Morgan fingerprint density at radius 2 is 1.83 bits per heavy atom. The number of urea groups is 1. The monoisotopic (exact) mass is 389 g/mol. The Morgan fingerprint density at radius 1 is 1.07 bits per heavy atom. The predicted molar refractivity (Wildman–Crippen MR) is 109 cm³/mol. The lowest BCUT2D eigenvalue weighted by Gasteiger charge is -2.15. The number of aryl methyl sites for hydroxylation is 1. The molecule has 0 radical (unpaired) electrons. The fourth-order valence-electron chi connectivity index (χ4n) is 3.95. The Hall–Kier alpha value is -3.22. The third kappa shape index (κ3) is 3.16. The molecule has 0 spiro atoms. The summed E-state index contributed by atoms with van der Waals surface area (Å²) in [7, 11) is 1.52. The number of fused-ring (bicyclic) bond motifs is 1. The highest BCUT2D eigenvalue weighted by atomic mass is 16.2. The molecule has 148 valence electrons. The molecule has 0 unspecified atom stereocenters. The second kappa shape index (κ2) is 6.69. The molecule has 2 heterocycles. The van der Waals surface area contributed by atoms with Crippen molar-refractivity contribution < 1.29 is 9.59 Å². The van der Waals surface area contributed by atoms with E-state index in [9.17, 15) is 9.59 Å². The molecule has 0 N–H and O–H groups in total. The number of benzene rings is 2. The zero-order valence-corrected chi connectivity index (χ0v) is 16.6. The summed E-state index contributed by atoms with van der Waals surface area (Å²) in [4.78, 5) is 26.5. The minimum absolute atomic E-state index is 0.142. The summed E-state index contributed by atoms with van der Waals surface area (Å²) >= 11 is 0. The molecule has 5 rings (SSSR count). The summed E-state index contributed by atoms with van der Waals surface area (Å²) in [6.07, 6.45) is 2.58. The first-order valence-electron chi connectivity index (χ1n) is 9.99. The van der Waals surface area contributed by atoms with Crippen LogP contribution >= 0.6 is 0 Å². The molecule has 0 atom stereocenters. The molecule has 1 saturated carbocycles. The molecule has 2 aromatic carbocycles. The second-order valence-electron chi connectivity index (χ2n) is 8.11. The van der Waals surface area contributed by atoms with E-state index in [-0.39, 0.29) is 18.5 Å². The standard InChI is InChI=1S/C22H23N5O2/c1-14-18(9-10-19-21(14)23-24-27(19)12-16-3-4-16)17-7-5-15(6-8-17)11-26-13-20(28)25(2)22(26)29/h5-10,16H,3-4,11-13H2,1-2H3. The summed E-state index contributed by atoms with van der Waals surface area (Å²) in [5.74, 6) is 0.593. The van der Waals surface area contributed by atoms with E-state index >= 15 is 0 Å². The number of hydrogen-bond acceptors (Lipinski definition) is 4. The van der Waals surface area contributed by atoms with Crippen LogP contribution in [-0.4, -0.2) is 50.3 Å². The van der Waals surface area contributed by atoms with Crippen molar-refractivity contribution in [3.63, 3.8) is 0 Å². The minimum Gasteiger partial charge on any atom is -0.311 e. The van der Waals surface area contributed by atoms with E-state index in [1.807, 2.05) is 16.8 Å². The molecule has 1 aliphatic heterocycles. The van der Waals surface area contributed by atoms with Gasteiger partial charge in [0.1, 0.15) is 12.1 Å². The third-order valence-electron chi connectivity index (χ3n) is 5.96. The SMILES string of the molecule is Cc1c(-c2ccc(CN3CC(=O)N(C)C3=O)cc2)ccc2c1nnn2CC1CC1. The average Bonchev–Trinajstić information content (AvgIpc) is 3.40. The Balaban J connectivity index is 1.38. The molecular formula is C22H23N5O2. The lowest BCUT2D eigenvalue weighted by molar-refractivity contribution is -0.124. The van der Waals surface area contributed by atoms with Crippen molar-refractivity contribution in [3.05, 3.63) is 47.5 Å². The second-order valence-corrected chi connectivity index (χ2v) is 8.11. The molecule has 29 heavy (non-hydrogen) atoms. The van der Waals surface area contributed by atoms with Gasteiger partial charge in [0.2, 0.25) is 5.91 Å². The van der Waals surface area contributed by atoms with E-state index in [2.05, 4.69) is 41.5 Å². The molecule has 1 saturated heterocycles. The lowest BCUT2D eigenvalue weighted by Crippen LogP contribution is -2.29. The van der Waals surface area contributed by atoms with Crippen LogP contribution in [-0.2, 0) is 17.9 Å².